The average Bonchev–Trinajstić information content (AvgIpc) is 2.86. The van der Waals surface area contributed by atoms with Crippen molar-refractivity contribution < 1.29 is 4.79 Å². The zero-order valence-corrected chi connectivity index (χ0v) is 16.3. The molecule has 1 N–H and O–H groups in total. The summed E-state index contributed by atoms with van der Waals surface area (Å²) >= 11 is 1.53. The van der Waals surface area contributed by atoms with Crippen LogP contribution in [0.2, 0.25) is 0 Å². The molecule has 1 aliphatic heterocycles. The summed E-state index contributed by atoms with van der Waals surface area (Å²) in [5, 5.41) is 12.1. The standard InChI is InChI=1S/C22H15N5OS/c1-2-3-12-27-18-9-8-15(25-22-24-11-10-16(14-23)26-22)13-20(18)29-19-7-5-4-6-17(19)21(27)28/h4-11,13H,12H2,1H3,(H,24,25,26). The number of amides is 1. The van der Waals surface area contributed by atoms with Crippen molar-refractivity contribution >= 4 is 35.0 Å². The average molecular weight is 397 g/mol. The van der Waals surface area contributed by atoms with E-state index in [1.54, 1.807) is 17.9 Å². The Balaban J connectivity index is 1.75. The third-order valence-corrected chi connectivity index (χ3v) is 5.40. The predicted octanol–water partition coefficient (Wildman–Crippen LogP) is 4.23. The summed E-state index contributed by atoms with van der Waals surface area (Å²) in [6, 6.07) is 16.8. The van der Waals surface area contributed by atoms with E-state index >= 15 is 0 Å². The molecule has 0 atom stereocenters. The van der Waals surface area contributed by atoms with Crippen LogP contribution in [0, 0.1) is 23.2 Å². The van der Waals surface area contributed by atoms with Crippen LogP contribution in [-0.2, 0) is 0 Å². The van der Waals surface area contributed by atoms with E-state index < -0.39 is 0 Å². The lowest BCUT2D eigenvalue weighted by atomic mass is 10.1. The molecule has 1 aromatic heterocycles. The number of aromatic nitrogens is 2. The molecule has 29 heavy (non-hydrogen) atoms. The van der Waals surface area contributed by atoms with Crippen LogP contribution in [0.3, 0.4) is 0 Å². The molecule has 1 aliphatic rings. The Morgan fingerprint density at radius 3 is 2.86 bits per heavy atom. The monoisotopic (exact) mass is 397 g/mol. The highest BCUT2D eigenvalue weighted by Crippen LogP contribution is 2.42. The van der Waals surface area contributed by atoms with E-state index in [0.717, 1.165) is 21.2 Å². The molecule has 0 spiro atoms. The number of rotatable bonds is 3. The van der Waals surface area contributed by atoms with Crippen LogP contribution in [0.25, 0.3) is 0 Å². The van der Waals surface area contributed by atoms with E-state index in [1.807, 2.05) is 48.5 Å². The van der Waals surface area contributed by atoms with Crippen molar-refractivity contribution in [2.75, 3.05) is 16.8 Å². The maximum atomic E-state index is 13.1. The summed E-state index contributed by atoms with van der Waals surface area (Å²) in [6.07, 6.45) is 1.53. The number of fused-ring (bicyclic) bond motifs is 2. The van der Waals surface area contributed by atoms with Gasteiger partial charge in [-0.1, -0.05) is 29.8 Å². The predicted molar refractivity (Wildman–Crippen MR) is 112 cm³/mol. The lowest BCUT2D eigenvalue weighted by molar-refractivity contribution is 0.0987. The molecule has 140 valence electrons. The fraction of sp³-hybridized carbons (Fsp3) is 0.0909. The summed E-state index contributed by atoms with van der Waals surface area (Å²) in [7, 11) is 0. The lowest BCUT2D eigenvalue weighted by Gasteiger charge is -2.21. The number of carbonyl (C=O) groups excluding carboxylic acids is 1. The topological polar surface area (TPSA) is 81.9 Å². The van der Waals surface area contributed by atoms with Gasteiger partial charge in [0.2, 0.25) is 5.95 Å². The summed E-state index contributed by atoms with van der Waals surface area (Å²) in [4.78, 5) is 24.9. The molecule has 6 nitrogen and oxygen atoms in total. The summed E-state index contributed by atoms with van der Waals surface area (Å²) in [6.45, 7) is 2.08. The van der Waals surface area contributed by atoms with E-state index in [-0.39, 0.29) is 11.6 Å². The number of nitriles is 1. The molecule has 7 heteroatoms. The van der Waals surface area contributed by atoms with Crippen molar-refractivity contribution in [1.29, 1.82) is 5.26 Å². The Labute approximate surface area is 172 Å². The van der Waals surface area contributed by atoms with Gasteiger partial charge in [0.15, 0.2) is 0 Å². The Bertz CT molecular complexity index is 1210. The molecule has 0 saturated carbocycles. The molecule has 0 aliphatic carbocycles. The molecule has 2 heterocycles. The fourth-order valence-corrected chi connectivity index (χ4v) is 4.05. The molecule has 1 amide bonds. The fourth-order valence-electron chi connectivity index (χ4n) is 2.93. The van der Waals surface area contributed by atoms with Gasteiger partial charge < -0.3 is 5.32 Å². The van der Waals surface area contributed by atoms with Gasteiger partial charge in [-0.05, 0) is 43.3 Å². The number of hydrogen-bond acceptors (Lipinski definition) is 6. The molecule has 2 aromatic carbocycles. The second kappa shape index (κ2) is 8.05. The van der Waals surface area contributed by atoms with Crippen LogP contribution in [0.15, 0.2) is 64.5 Å². The van der Waals surface area contributed by atoms with Crippen LogP contribution in [0.1, 0.15) is 23.0 Å². The van der Waals surface area contributed by atoms with Crippen molar-refractivity contribution in [2.24, 2.45) is 0 Å². The first-order chi connectivity index (χ1) is 14.2. The number of benzene rings is 2. The molecular weight excluding hydrogens is 382 g/mol. The zero-order valence-electron chi connectivity index (χ0n) is 15.5. The van der Waals surface area contributed by atoms with Gasteiger partial charge in [0.25, 0.3) is 5.91 Å². The largest absolute Gasteiger partial charge is 0.324 e. The molecular formula is C22H15N5OS. The lowest BCUT2D eigenvalue weighted by Crippen LogP contribution is -2.31. The Morgan fingerprint density at radius 1 is 1.17 bits per heavy atom. The summed E-state index contributed by atoms with van der Waals surface area (Å²) in [5.41, 5.74) is 2.51. The highest BCUT2D eigenvalue weighted by Gasteiger charge is 2.26. The van der Waals surface area contributed by atoms with E-state index in [0.29, 0.717) is 18.1 Å². The van der Waals surface area contributed by atoms with Crippen LogP contribution < -0.4 is 10.2 Å². The van der Waals surface area contributed by atoms with Crippen LogP contribution in [0.4, 0.5) is 17.3 Å². The van der Waals surface area contributed by atoms with Crippen LogP contribution in [-0.4, -0.2) is 22.4 Å². The molecule has 4 rings (SSSR count). The first kappa shape index (κ1) is 18.5. The van der Waals surface area contributed by atoms with E-state index in [9.17, 15) is 4.79 Å². The van der Waals surface area contributed by atoms with Crippen molar-refractivity contribution in [3.8, 4) is 17.9 Å². The van der Waals surface area contributed by atoms with Gasteiger partial charge in [-0.3, -0.25) is 9.69 Å². The van der Waals surface area contributed by atoms with Gasteiger partial charge in [-0.25, -0.2) is 9.97 Å². The maximum Gasteiger partial charge on any atom is 0.260 e. The Hall–Kier alpha value is -3.81. The van der Waals surface area contributed by atoms with Gasteiger partial charge in [-0.2, -0.15) is 5.26 Å². The number of nitrogens with zero attached hydrogens (tertiary/aromatic N) is 4. The number of anilines is 3. The van der Waals surface area contributed by atoms with Crippen LogP contribution in [0.5, 0.6) is 0 Å². The maximum absolute atomic E-state index is 13.1. The highest BCUT2D eigenvalue weighted by molar-refractivity contribution is 7.99. The normalized spacial score (nSPS) is 12.0. The van der Waals surface area contributed by atoms with Gasteiger partial charge >= 0.3 is 0 Å². The highest BCUT2D eigenvalue weighted by atomic mass is 32.2. The number of nitrogens with one attached hydrogen (secondary N) is 1. The Kier molecular flexibility index (Phi) is 5.15. The van der Waals surface area contributed by atoms with Gasteiger partial charge in [0.05, 0.1) is 17.8 Å². The molecule has 0 fully saturated rings. The zero-order chi connectivity index (χ0) is 20.2. The van der Waals surface area contributed by atoms with Crippen molar-refractivity contribution in [2.45, 2.75) is 16.7 Å². The molecule has 0 saturated heterocycles. The van der Waals surface area contributed by atoms with Crippen molar-refractivity contribution in [1.82, 2.24) is 9.97 Å². The van der Waals surface area contributed by atoms with Crippen molar-refractivity contribution in [3.05, 3.63) is 66.0 Å². The minimum atomic E-state index is -0.0691. The molecule has 3 aromatic rings. The number of hydrogen-bond donors (Lipinski definition) is 1. The van der Waals surface area contributed by atoms with E-state index in [1.165, 1.54) is 18.0 Å². The second-order valence-electron chi connectivity index (χ2n) is 6.10. The number of carbonyl (C=O) groups is 1. The molecule has 0 bridgehead atoms. The minimum absolute atomic E-state index is 0.0691. The smallest absolute Gasteiger partial charge is 0.260 e. The summed E-state index contributed by atoms with van der Waals surface area (Å²) in [5.74, 6) is 6.13. The summed E-state index contributed by atoms with van der Waals surface area (Å²) < 4.78 is 0. The minimum Gasteiger partial charge on any atom is -0.324 e. The quantitative estimate of drug-likeness (QED) is 0.666. The first-order valence-electron chi connectivity index (χ1n) is 8.82. The van der Waals surface area contributed by atoms with Gasteiger partial charge in [0, 0.05) is 21.7 Å². The van der Waals surface area contributed by atoms with Crippen molar-refractivity contribution in [3.63, 3.8) is 0 Å². The van der Waals surface area contributed by atoms with Gasteiger partial charge in [-0.15, -0.1) is 5.92 Å². The molecule has 0 unspecified atom stereocenters. The van der Waals surface area contributed by atoms with E-state index in [2.05, 4.69) is 27.1 Å². The first-order valence-corrected chi connectivity index (χ1v) is 9.64. The third kappa shape index (κ3) is 3.77. The molecule has 0 radical (unpaired) electrons. The third-order valence-electron chi connectivity index (χ3n) is 4.27. The Morgan fingerprint density at radius 2 is 2.03 bits per heavy atom. The second-order valence-corrected chi connectivity index (χ2v) is 7.18. The van der Waals surface area contributed by atoms with Crippen LogP contribution >= 0.6 is 11.8 Å². The van der Waals surface area contributed by atoms with Gasteiger partial charge in [0.1, 0.15) is 11.8 Å². The SMILES string of the molecule is CC#CCN1C(=O)c2ccccc2Sc2cc(Nc3nccc(C#N)n3)ccc21. The van der Waals surface area contributed by atoms with E-state index in [4.69, 9.17) is 5.26 Å².